The van der Waals surface area contributed by atoms with Gasteiger partial charge in [-0.2, -0.15) is 0 Å². The molecule has 0 aliphatic heterocycles. The molecule has 0 aliphatic carbocycles. The van der Waals surface area contributed by atoms with Gasteiger partial charge < -0.3 is 33.8 Å². The molecule has 91 heavy (non-hydrogen) atoms. The van der Waals surface area contributed by atoms with E-state index in [1.807, 2.05) is 0 Å². The first-order valence-electron chi connectivity index (χ1n) is 37.5. The average molecular weight is 1340 g/mol. The van der Waals surface area contributed by atoms with Crippen LogP contribution in [0.25, 0.3) is 0 Å². The Bertz CT molecular complexity index is 1770. The quantitative estimate of drug-likeness (QED) is 0.0222. The van der Waals surface area contributed by atoms with Gasteiger partial charge in [0.25, 0.3) is 0 Å². The summed E-state index contributed by atoms with van der Waals surface area (Å²) in [5.74, 6) is -0.631. The van der Waals surface area contributed by atoms with Gasteiger partial charge in [0, 0.05) is 25.7 Å². The van der Waals surface area contributed by atoms with Crippen molar-refractivity contribution in [1.82, 2.24) is 0 Å². The second kappa shape index (κ2) is 64.1. The number of aliphatic hydroxyl groups excluding tert-OH is 1. The molecule has 0 saturated carbocycles. The van der Waals surface area contributed by atoms with Crippen LogP contribution in [0.4, 0.5) is 0 Å². The summed E-state index contributed by atoms with van der Waals surface area (Å²) in [6.45, 7) is 9.49. The van der Waals surface area contributed by atoms with E-state index in [9.17, 15) is 43.2 Å². The topological polar surface area (TPSA) is 237 Å². The standard InChI is InChI=1S/C72H140O17P2/c1-7-10-12-14-16-18-19-20-21-22-23-24-25-26-27-28-29-38-44-50-56-71(76)88-68(61-83-70(75)55-49-43-37-33-31-35-41-47-53-65(6)9-3)63-87-91(80,81)85-59-66(73)58-84-90(78,79)86-62-67(60-82-69(74)54-48-42-36-17-15-13-11-8-2)89-72(77)57-51-45-39-32-30-34-40-46-52-64(4)5/h64-68,73H,7-63H2,1-6H3,(H,78,79)(H,80,81)/t65?,66-,67+,68+/m0/s1. The molecule has 0 aromatic heterocycles. The fourth-order valence-electron chi connectivity index (χ4n) is 10.9. The molecule has 0 aromatic carbocycles. The lowest BCUT2D eigenvalue weighted by molar-refractivity contribution is -0.161. The zero-order valence-corrected chi connectivity index (χ0v) is 60.9. The van der Waals surface area contributed by atoms with Crippen LogP contribution in [-0.4, -0.2) is 96.7 Å². The maximum atomic E-state index is 13.0. The minimum atomic E-state index is -4.95. The molecule has 0 saturated heterocycles. The summed E-state index contributed by atoms with van der Waals surface area (Å²) in [6, 6.07) is 0. The van der Waals surface area contributed by atoms with Crippen molar-refractivity contribution in [3.05, 3.63) is 0 Å². The largest absolute Gasteiger partial charge is 0.472 e. The second-order valence-electron chi connectivity index (χ2n) is 26.7. The summed E-state index contributed by atoms with van der Waals surface area (Å²) < 4.78 is 68.3. The first-order valence-corrected chi connectivity index (χ1v) is 40.5. The van der Waals surface area contributed by atoms with Crippen molar-refractivity contribution in [3.8, 4) is 0 Å². The molecule has 0 bridgehead atoms. The monoisotopic (exact) mass is 1340 g/mol. The molecule has 0 rings (SSSR count). The van der Waals surface area contributed by atoms with E-state index < -0.39 is 97.5 Å². The number of unbranched alkanes of at least 4 members (excludes halogenated alkanes) is 40. The molecular formula is C72H140O17P2. The molecule has 0 radical (unpaired) electrons. The van der Waals surface area contributed by atoms with Gasteiger partial charge in [0.15, 0.2) is 12.2 Å². The highest BCUT2D eigenvalue weighted by atomic mass is 31.2. The molecular weight excluding hydrogens is 1200 g/mol. The van der Waals surface area contributed by atoms with Crippen molar-refractivity contribution in [2.45, 2.75) is 387 Å². The number of aliphatic hydroxyl groups is 1. The van der Waals surface area contributed by atoms with Gasteiger partial charge in [0.05, 0.1) is 26.4 Å². The Morgan fingerprint density at radius 1 is 0.319 bits per heavy atom. The van der Waals surface area contributed by atoms with Crippen LogP contribution in [0.2, 0.25) is 0 Å². The minimum Gasteiger partial charge on any atom is -0.462 e. The summed E-state index contributed by atoms with van der Waals surface area (Å²) in [6.07, 6.45) is 50.1. The van der Waals surface area contributed by atoms with Gasteiger partial charge in [-0.25, -0.2) is 9.13 Å². The van der Waals surface area contributed by atoms with Gasteiger partial charge in [0.1, 0.15) is 19.3 Å². The van der Waals surface area contributed by atoms with E-state index in [4.69, 9.17) is 37.0 Å². The van der Waals surface area contributed by atoms with Crippen LogP contribution in [0.15, 0.2) is 0 Å². The summed E-state index contributed by atoms with van der Waals surface area (Å²) in [5.41, 5.74) is 0. The first-order chi connectivity index (χ1) is 43.9. The Morgan fingerprint density at radius 3 is 0.835 bits per heavy atom. The maximum Gasteiger partial charge on any atom is 0.472 e. The molecule has 0 aliphatic rings. The smallest absolute Gasteiger partial charge is 0.462 e. The number of rotatable bonds is 71. The van der Waals surface area contributed by atoms with Crippen LogP contribution in [0.5, 0.6) is 0 Å². The van der Waals surface area contributed by atoms with E-state index in [0.29, 0.717) is 25.7 Å². The molecule has 540 valence electrons. The van der Waals surface area contributed by atoms with E-state index in [1.54, 1.807) is 0 Å². The van der Waals surface area contributed by atoms with Crippen molar-refractivity contribution in [2.75, 3.05) is 39.6 Å². The molecule has 0 heterocycles. The number of phosphoric acid groups is 2. The van der Waals surface area contributed by atoms with E-state index >= 15 is 0 Å². The number of hydrogen-bond donors (Lipinski definition) is 3. The third-order valence-corrected chi connectivity index (χ3v) is 19.0. The summed E-state index contributed by atoms with van der Waals surface area (Å²) in [4.78, 5) is 72.5. The Balaban J connectivity index is 5.18. The number of esters is 4. The van der Waals surface area contributed by atoms with Crippen LogP contribution < -0.4 is 0 Å². The van der Waals surface area contributed by atoms with Crippen LogP contribution in [0.3, 0.4) is 0 Å². The molecule has 19 heteroatoms. The molecule has 0 aromatic rings. The molecule has 17 nitrogen and oxygen atoms in total. The van der Waals surface area contributed by atoms with Crippen molar-refractivity contribution in [3.63, 3.8) is 0 Å². The van der Waals surface area contributed by atoms with Gasteiger partial charge in [-0.1, -0.05) is 318 Å². The van der Waals surface area contributed by atoms with E-state index in [-0.39, 0.29) is 25.7 Å². The van der Waals surface area contributed by atoms with Crippen LogP contribution in [-0.2, 0) is 65.4 Å². The Hall–Kier alpha value is -1.94. The molecule has 0 spiro atoms. The maximum absolute atomic E-state index is 13.0. The Morgan fingerprint density at radius 2 is 0.560 bits per heavy atom. The highest BCUT2D eigenvalue weighted by Crippen LogP contribution is 2.45. The zero-order chi connectivity index (χ0) is 67.2. The number of hydrogen-bond acceptors (Lipinski definition) is 15. The van der Waals surface area contributed by atoms with Crippen LogP contribution >= 0.6 is 15.6 Å². The van der Waals surface area contributed by atoms with Crippen molar-refractivity contribution in [2.24, 2.45) is 11.8 Å². The first kappa shape index (κ1) is 89.1. The van der Waals surface area contributed by atoms with Crippen LogP contribution in [0.1, 0.15) is 369 Å². The molecule has 6 atom stereocenters. The summed E-state index contributed by atoms with van der Waals surface area (Å²) in [5, 5.41) is 10.6. The third-order valence-electron chi connectivity index (χ3n) is 17.1. The third kappa shape index (κ3) is 65.1. The van der Waals surface area contributed by atoms with E-state index in [1.165, 1.54) is 180 Å². The van der Waals surface area contributed by atoms with Gasteiger partial charge in [0.2, 0.25) is 0 Å². The van der Waals surface area contributed by atoms with Gasteiger partial charge in [-0.15, -0.1) is 0 Å². The molecule has 3 N–H and O–H groups in total. The van der Waals surface area contributed by atoms with Crippen molar-refractivity contribution >= 4 is 39.5 Å². The second-order valence-corrected chi connectivity index (χ2v) is 29.6. The molecule has 3 unspecified atom stereocenters. The van der Waals surface area contributed by atoms with E-state index in [0.717, 1.165) is 108 Å². The summed E-state index contributed by atoms with van der Waals surface area (Å²) in [7, 11) is -9.90. The van der Waals surface area contributed by atoms with Crippen molar-refractivity contribution in [1.29, 1.82) is 0 Å². The highest BCUT2D eigenvalue weighted by Gasteiger charge is 2.30. The number of phosphoric ester groups is 2. The Kier molecular flexibility index (Phi) is 62.7. The average Bonchev–Trinajstić information content (AvgIpc) is 3.54. The van der Waals surface area contributed by atoms with Gasteiger partial charge in [-0.3, -0.25) is 37.3 Å². The lowest BCUT2D eigenvalue weighted by Gasteiger charge is -2.21. The van der Waals surface area contributed by atoms with E-state index in [2.05, 4.69) is 41.5 Å². The van der Waals surface area contributed by atoms with Crippen LogP contribution in [0, 0.1) is 11.8 Å². The number of carbonyl (C=O) groups excluding carboxylic acids is 4. The zero-order valence-electron chi connectivity index (χ0n) is 59.1. The predicted molar refractivity (Wildman–Crippen MR) is 368 cm³/mol. The van der Waals surface area contributed by atoms with Gasteiger partial charge >= 0.3 is 39.5 Å². The predicted octanol–water partition coefficient (Wildman–Crippen LogP) is 20.8. The SMILES string of the molecule is CCCCCCCCCCCCCCCCCCCCCCC(=O)O[C@H](COC(=O)CCCCCCCCCCC(C)CC)COP(=O)(O)OC[C@@H](O)COP(=O)(O)OC[C@@H](COC(=O)CCCCCCCCCC)OC(=O)CCCCCCCCCCC(C)C. The summed E-state index contributed by atoms with van der Waals surface area (Å²) >= 11 is 0. The van der Waals surface area contributed by atoms with Gasteiger partial charge in [-0.05, 0) is 37.5 Å². The minimum absolute atomic E-state index is 0.104. The lowest BCUT2D eigenvalue weighted by atomic mass is 9.99. The number of carbonyl (C=O) groups is 4. The van der Waals surface area contributed by atoms with Crippen molar-refractivity contribution < 1.29 is 80.2 Å². The highest BCUT2D eigenvalue weighted by molar-refractivity contribution is 7.47. The number of ether oxygens (including phenoxy) is 4. The Labute approximate surface area is 556 Å². The molecule has 0 amide bonds. The lowest BCUT2D eigenvalue weighted by Crippen LogP contribution is -2.30. The fraction of sp³-hybridized carbons (Fsp3) is 0.944. The fourth-order valence-corrected chi connectivity index (χ4v) is 12.5. The normalized spacial score (nSPS) is 14.4. The molecule has 0 fully saturated rings.